The lowest BCUT2D eigenvalue weighted by Gasteiger charge is -2.28. The van der Waals surface area contributed by atoms with Crippen LogP contribution in [0.3, 0.4) is 0 Å². The van der Waals surface area contributed by atoms with E-state index < -0.39 is 17.8 Å². The maximum Gasteiger partial charge on any atom is 0.336 e. The topological polar surface area (TPSA) is 89.9 Å². The molecule has 0 atom stereocenters. The summed E-state index contributed by atoms with van der Waals surface area (Å²) in [6.07, 6.45) is 1.53. The highest BCUT2D eigenvalue weighted by Gasteiger charge is 2.38. The summed E-state index contributed by atoms with van der Waals surface area (Å²) < 4.78 is 13.3. The van der Waals surface area contributed by atoms with Gasteiger partial charge in [-0.05, 0) is 80.6 Å². The van der Waals surface area contributed by atoms with Crippen molar-refractivity contribution in [3.8, 4) is 17.2 Å². The molecule has 1 saturated heterocycles. The van der Waals surface area contributed by atoms with Crippen LogP contribution in [-0.4, -0.2) is 35.6 Å². The van der Waals surface area contributed by atoms with Crippen molar-refractivity contribution in [3.63, 3.8) is 0 Å². The van der Waals surface area contributed by atoms with E-state index in [0.717, 1.165) is 22.0 Å². The fourth-order valence-corrected chi connectivity index (χ4v) is 4.68. The molecule has 0 unspecified atom stereocenters. The Morgan fingerprint density at radius 2 is 1.56 bits per heavy atom. The van der Waals surface area contributed by atoms with Crippen LogP contribution in [0.4, 0.5) is 10.5 Å². The summed E-state index contributed by atoms with van der Waals surface area (Å²) in [6, 6.07) is 14.3. The molecule has 0 radical (unpaired) electrons. The normalized spacial score (nSPS) is 15.1. The minimum absolute atomic E-state index is 0.0388. The van der Waals surface area contributed by atoms with Crippen molar-refractivity contribution >= 4 is 29.6 Å². The largest absolute Gasteiger partial charge is 0.494 e. The van der Waals surface area contributed by atoms with Crippen molar-refractivity contribution in [2.45, 2.75) is 53.9 Å². The van der Waals surface area contributed by atoms with Gasteiger partial charge in [0.15, 0.2) is 0 Å². The number of rotatable bonds is 7. The van der Waals surface area contributed by atoms with E-state index in [-0.39, 0.29) is 16.7 Å². The Morgan fingerprint density at radius 3 is 2.18 bits per heavy atom. The van der Waals surface area contributed by atoms with Gasteiger partial charge < -0.3 is 14.0 Å². The van der Waals surface area contributed by atoms with Crippen LogP contribution >= 0.6 is 0 Å². The number of urea groups is 1. The van der Waals surface area contributed by atoms with Gasteiger partial charge in [0.05, 0.1) is 18.9 Å². The van der Waals surface area contributed by atoms with Gasteiger partial charge in [-0.15, -0.1) is 0 Å². The maximum absolute atomic E-state index is 13.7. The van der Waals surface area contributed by atoms with Gasteiger partial charge in [-0.25, -0.2) is 9.69 Å². The van der Waals surface area contributed by atoms with Gasteiger partial charge in [-0.1, -0.05) is 32.9 Å². The second kappa shape index (κ2) is 10.8. The fourth-order valence-electron chi connectivity index (χ4n) is 4.68. The number of imide groups is 2. The number of carbonyl (C=O) groups is 3. The quantitative estimate of drug-likeness (QED) is 0.306. The van der Waals surface area contributed by atoms with Crippen LogP contribution in [0.5, 0.6) is 11.5 Å². The van der Waals surface area contributed by atoms with Gasteiger partial charge in [-0.3, -0.25) is 14.9 Å². The van der Waals surface area contributed by atoms with Crippen LogP contribution in [0.25, 0.3) is 11.8 Å². The second-order valence-corrected chi connectivity index (χ2v) is 10.4. The summed E-state index contributed by atoms with van der Waals surface area (Å²) in [5.41, 5.74) is 4.81. The first kappa shape index (κ1) is 27.7. The third kappa shape index (κ3) is 5.46. The molecule has 1 N–H and O–H groups in total. The Bertz CT molecular complexity index is 1460. The molecule has 204 valence electrons. The molecule has 2 aromatic carbocycles. The lowest BCUT2D eigenvalue weighted by Crippen LogP contribution is -2.54. The van der Waals surface area contributed by atoms with Gasteiger partial charge in [0.1, 0.15) is 17.1 Å². The summed E-state index contributed by atoms with van der Waals surface area (Å²) in [5.74, 6) is -0.688. The van der Waals surface area contributed by atoms with Gasteiger partial charge in [-0.2, -0.15) is 0 Å². The molecule has 0 bridgehead atoms. The van der Waals surface area contributed by atoms with Crippen LogP contribution in [-0.2, 0) is 15.0 Å². The lowest BCUT2D eigenvalue weighted by molar-refractivity contribution is -0.122. The summed E-state index contributed by atoms with van der Waals surface area (Å²) in [7, 11) is 0. The molecule has 0 saturated carbocycles. The first-order chi connectivity index (χ1) is 18.5. The van der Waals surface area contributed by atoms with Crippen LogP contribution in [0.1, 0.15) is 57.1 Å². The number of benzene rings is 2. The molecule has 3 aromatic rings. The molecule has 1 fully saturated rings. The SMILES string of the molecule is CCOc1ccc(OCC)c(N2C(=O)NC(=O)/C(=C\c3cc(C)n(-c4ccc(C(C)(C)C)cc4)c3C)C2=O)c1. The first-order valence-corrected chi connectivity index (χ1v) is 13.1. The van der Waals surface area contributed by atoms with Crippen LogP contribution < -0.4 is 19.7 Å². The molecule has 1 aliphatic rings. The average Bonchev–Trinajstić information content (AvgIpc) is 3.15. The molecular formula is C31H35N3O5. The van der Waals surface area contributed by atoms with Crippen molar-refractivity contribution in [1.82, 2.24) is 9.88 Å². The average molecular weight is 530 g/mol. The Kier molecular flexibility index (Phi) is 7.67. The van der Waals surface area contributed by atoms with Gasteiger partial charge in [0, 0.05) is 23.1 Å². The number of ether oxygens (including phenoxy) is 2. The lowest BCUT2D eigenvalue weighted by atomic mass is 9.87. The highest BCUT2D eigenvalue weighted by Crippen LogP contribution is 2.35. The zero-order valence-electron chi connectivity index (χ0n) is 23.5. The van der Waals surface area contributed by atoms with E-state index in [1.165, 1.54) is 11.6 Å². The molecule has 0 aliphatic carbocycles. The third-order valence-corrected chi connectivity index (χ3v) is 6.65. The number of amides is 4. The smallest absolute Gasteiger partial charge is 0.336 e. The summed E-state index contributed by atoms with van der Waals surface area (Å²) in [6.45, 7) is 14.8. The van der Waals surface area contributed by atoms with E-state index in [1.54, 1.807) is 25.1 Å². The minimum Gasteiger partial charge on any atom is -0.494 e. The number of hydrogen-bond donors (Lipinski definition) is 1. The highest BCUT2D eigenvalue weighted by molar-refractivity contribution is 6.39. The van der Waals surface area contributed by atoms with Crippen molar-refractivity contribution in [2.75, 3.05) is 18.1 Å². The number of barbiturate groups is 1. The van der Waals surface area contributed by atoms with Crippen LogP contribution in [0.2, 0.25) is 0 Å². The zero-order chi connectivity index (χ0) is 28.5. The van der Waals surface area contributed by atoms with E-state index in [9.17, 15) is 14.4 Å². The molecule has 1 aromatic heterocycles. The Labute approximate surface area is 229 Å². The molecule has 39 heavy (non-hydrogen) atoms. The van der Waals surface area contributed by atoms with Crippen LogP contribution in [0.15, 0.2) is 54.1 Å². The summed E-state index contributed by atoms with van der Waals surface area (Å²) in [5, 5.41) is 2.30. The standard InChI is InChI=1S/C31H35N3O5/c1-8-38-24-14-15-27(39-9-2)26(18-24)34-29(36)25(28(35)32-30(34)37)17-21-16-19(3)33(20(21)4)23-12-10-22(11-13-23)31(5,6)7/h10-18H,8-9H2,1-7H3,(H,32,35,37)/b25-17+. The Balaban J connectivity index is 1.75. The molecular weight excluding hydrogens is 494 g/mol. The van der Waals surface area contributed by atoms with E-state index in [0.29, 0.717) is 30.3 Å². The Hall–Kier alpha value is -4.33. The van der Waals surface area contributed by atoms with Gasteiger partial charge in [0.2, 0.25) is 0 Å². The predicted octanol–water partition coefficient (Wildman–Crippen LogP) is 5.86. The molecule has 2 heterocycles. The van der Waals surface area contributed by atoms with Crippen molar-refractivity contribution < 1.29 is 23.9 Å². The molecule has 0 spiro atoms. The molecule has 4 rings (SSSR count). The van der Waals surface area contributed by atoms with E-state index >= 15 is 0 Å². The second-order valence-electron chi connectivity index (χ2n) is 10.4. The van der Waals surface area contributed by atoms with Gasteiger partial charge >= 0.3 is 6.03 Å². The van der Waals surface area contributed by atoms with E-state index in [4.69, 9.17) is 9.47 Å². The van der Waals surface area contributed by atoms with E-state index in [2.05, 4.69) is 54.9 Å². The number of aryl methyl sites for hydroxylation is 1. The first-order valence-electron chi connectivity index (χ1n) is 13.1. The molecule has 1 aliphatic heterocycles. The molecule has 8 nitrogen and oxygen atoms in total. The number of nitrogens with zero attached hydrogens (tertiary/aromatic N) is 2. The maximum atomic E-state index is 13.7. The highest BCUT2D eigenvalue weighted by atomic mass is 16.5. The van der Waals surface area contributed by atoms with Crippen LogP contribution in [0, 0.1) is 13.8 Å². The van der Waals surface area contributed by atoms with Crippen molar-refractivity contribution in [2.24, 2.45) is 0 Å². The number of aromatic nitrogens is 1. The fraction of sp³-hybridized carbons (Fsp3) is 0.323. The van der Waals surface area contributed by atoms with Crippen molar-refractivity contribution in [1.29, 1.82) is 0 Å². The predicted molar refractivity (Wildman–Crippen MR) is 152 cm³/mol. The number of nitrogens with one attached hydrogen (secondary N) is 1. The summed E-state index contributed by atoms with van der Waals surface area (Å²) in [4.78, 5) is 40.3. The molecule has 4 amide bonds. The number of carbonyl (C=O) groups excluding carboxylic acids is 3. The summed E-state index contributed by atoms with van der Waals surface area (Å²) >= 11 is 0. The minimum atomic E-state index is -0.846. The van der Waals surface area contributed by atoms with Crippen molar-refractivity contribution in [3.05, 3.63) is 76.6 Å². The Morgan fingerprint density at radius 1 is 0.897 bits per heavy atom. The van der Waals surface area contributed by atoms with Gasteiger partial charge in [0.25, 0.3) is 11.8 Å². The molecule has 8 heteroatoms. The monoisotopic (exact) mass is 529 g/mol. The number of anilines is 1. The zero-order valence-corrected chi connectivity index (χ0v) is 23.5. The van der Waals surface area contributed by atoms with E-state index in [1.807, 2.05) is 26.8 Å². The third-order valence-electron chi connectivity index (χ3n) is 6.65. The number of hydrogen-bond acceptors (Lipinski definition) is 5.